The molecule has 25 heavy (non-hydrogen) atoms. The van der Waals surface area contributed by atoms with E-state index in [2.05, 4.69) is 10.3 Å². The molecular weight excluding hydrogens is 340 g/mol. The van der Waals surface area contributed by atoms with Crippen molar-refractivity contribution in [2.45, 2.75) is 38.7 Å². The molecular formula is C18H22N2O4S. The van der Waals surface area contributed by atoms with Gasteiger partial charge in [-0.2, -0.15) is 0 Å². The maximum atomic E-state index is 12.3. The van der Waals surface area contributed by atoms with Gasteiger partial charge >= 0.3 is 0 Å². The molecule has 1 amide bonds. The smallest absolute Gasteiger partial charge is 0.266 e. The first-order valence-corrected chi connectivity index (χ1v) is 9.33. The van der Waals surface area contributed by atoms with E-state index < -0.39 is 15.9 Å². The molecule has 0 atom stereocenters. The van der Waals surface area contributed by atoms with Gasteiger partial charge in [-0.05, 0) is 75.2 Å². The van der Waals surface area contributed by atoms with Crippen LogP contribution in [0.4, 0.5) is 0 Å². The number of hydrogen-bond donors (Lipinski definition) is 2. The van der Waals surface area contributed by atoms with E-state index in [1.54, 1.807) is 36.4 Å². The van der Waals surface area contributed by atoms with E-state index in [9.17, 15) is 13.2 Å². The molecule has 6 nitrogen and oxygen atoms in total. The summed E-state index contributed by atoms with van der Waals surface area (Å²) < 4.78 is 30.0. The Morgan fingerprint density at radius 2 is 1.64 bits per heavy atom. The zero-order valence-electron chi connectivity index (χ0n) is 14.7. The van der Waals surface area contributed by atoms with Gasteiger partial charge in [0.2, 0.25) is 0 Å². The number of ether oxygens (including phenoxy) is 1. The second-order valence-electron chi connectivity index (χ2n) is 6.00. The average Bonchev–Trinajstić information content (AvgIpc) is 2.55. The highest BCUT2D eigenvalue weighted by Gasteiger charge is 2.16. The minimum atomic E-state index is -3.83. The van der Waals surface area contributed by atoms with Crippen molar-refractivity contribution in [2.75, 3.05) is 0 Å². The molecule has 0 saturated heterocycles. The molecule has 0 aliphatic heterocycles. The maximum Gasteiger partial charge on any atom is 0.266 e. The lowest BCUT2D eigenvalue weighted by Crippen LogP contribution is -2.41. The summed E-state index contributed by atoms with van der Waals surface area (Å²) in [5, 5.41) is 0. The third-order valence-electron chi connectivity index (χ3n) is 3.58. The molecule has 0 aromatic heterocycles. The number of sulfonamides is 1. The van der Waals surface area contributed by atoms with Crippen molar-refractivity contribution in [3.8, 4) is 5.75 Å². The average molecular weight is 362 g/mol. The summed E-state index contributed by atoms with van der Waals surface area (Å²) in [6.07, 6.45) is 0.0319. The van der Waals surface area contributed by atoms with Crippen LogP contribution in [0.5, 0.6) is 5.75 Å². The van der Waals surface area contributed by atoms with E-state index in [4.69, 9.17) is 4.74 Å². The van der Waals surface area contributed by atoms with Gasteiger partial charge in [-0.1, -0.05) is 6.07 Å². The van der Waals surface area contributed by atoms with E-state index in [1.165, 1.54) is 6.07 Å². The fourth-order valence-corrected chi connectivity index (χ4v) is 3.01. The summed E-state index contributed by atoms with van der Waals surface area (Å²) >= 11 is 0. The summed E-state index contributed by atoms with van der Waals surface area (Å²) in [6, 6.07) is 11.2. The second kappa shape index (κ2) is 7.67. The molecule has 0 radical (unpaired) electrons. The second-order valence-corrected chi connectivity index (χ2v) is 7.68. The Bertz CT molecular complexity index is 859. The lowest BCUT2D eigenvalue weighted by Gasteiger charge is -2.11. The normalized spacial score (nSPS) is 11.4. The summed E-state index contributed by atoms with van der Waals surface area (Å²) in [7, 11) is -3.83. The van der Waals surface area contributed by atoms with Crippen LogP contribution in [0.25, 0.3) is 0 Å². The number of hydrazine groups is 1. The van der Waals surface area contributed by atoms with Crippen molar-refractivity contribution in [1.29, 1.82) is 0 Å². The highest BCUT2D eigenvalue weighted by atomic mass is 32.2. The number of benzene rings is 2. The molecule has 0 aliphatic rings. The Labute approximate surface area is 148 Å². The van der Waals surface area contributed by atoms with Crippen molar-refractivity contribution < 1.29 is 17.9 Å². The van der Waals surface area contributed by atoms with Crippen LogP contribution in [0.2, 0.25) is 0 Å². The third kappa shape index (κ3) is 5.04. The predicted octanol–water partition coefficient (Wildman–Crippen LogP) is 2.71. The Kier molecular flexibility index (Phi) is 5.81. The van der Waals surface area contributed by atoms with E-state index in [0.717, 1.165) is 11.1 Å². The Morgan fingerprint density at radius 1 is 1.00 bits per heavy atom. The molecule has 2 rings (SSSR count). The van der Waals surface area contributed by atoms with Gasteiger partial charge in [0, 0.05) is 5.56 Å². The molecule has 0 saturated carbocycles. The molecule has 2 aromatic rings. The summed E-state index contributed by atoms with van der Waals surface area (Å²) in [4.78, 5) is 14.3. The molecule has 0 heterocycles. The summed E-state index contributed by atoms with van der Waals surface area (Å²) in [5.41, 5.74) is 4.38. The van der Waals surface area contributed by atoms with Crippen molar-refractivity contribution in [3.05, 3.63) is 59.2 Å². The first-order valence-electron chi connectivity index (χ1n) is 7.85. The van der Waals surface area contributed by atoms with E-state index >= 15 is 0 Å². The quantitative estimate of drug-likeness (QED) is 0.774. The SMILES string of the molecule is Cc1ccc(S(=O)(=O)NNC(=O)c2ccc(OC(C)C)cc2)cc1C. The topological polar surface area (TPSA) is 84.5 Å². The number of carbonyl (C=O) groups excluding carboxylic acids is 1. The van der Waals surface area contributed by atoms with Crippen molar-refractivity contribution >= 4 is 15.9 Å². The van der Waals surface area contributed by atoms with Gasteiger partial charge in [-0.25, -0.2) is 8.42 Å². The number of carbonyl (C=O) groups is 1. The first-order chi connectivity index (χ1) is 11.7. The molecule has 7 heteroatoms. The zero-order chi connectivity index (χ0) is 18.6. The van der Waals surface area contributed by atoms with Crippen LogP contribution < -0.4 is 15.0 Å². The van der Waals surface area contributed by atoms with Gasteiger partial charge in [-0.15, -0.1) is 4.83 Å². The molecule has 0 fully saturated rings. The molecule has 2 N–H and O–H groups in total. The van der Waals surface area contributed by atoms with Crippen LogP contribution in [0.1, 0.15) is 35.3 Å². The fourth-order valence-electron chi connectivity index (χ4n) is 2.08. The van der Waals surface area contributed by atoms with Crippen LogP contribution in [-0.4, -0.2) is 20.4 Å². The maximum absolute atomic E-state index is 12.3. The van der Waals surface area contributed by atoms with Gasteiger partial charge < -0.3 is 4.74 Å². The number of rotatable bonds is 6. The Balaban J connectivity index is 2.04. The van der Waals surface area contributed by atoms with E-state index in [1.807, 2.05) is 27.7 Å². The summed E-state index contributed by atoms with van der Waals surface area (Å²) in [5.74, 6) is 0.0887. The van der Waals surface area contributed by atoms with Crippen molar-refractivity contribution in [1.82, 2.24) is 10.3 Å². The third-order valence-corrected chi connectivity index (χ3v) is 4.82. The van der Waals surface area contributed by atoms with Crippen LogP contribution in [-0.2, 0) is 10.0 Å². The summed E-state index contributed by atoms with van der Waals surface area (Å²) in [6.45, 7) is 7.53. The zero-order valence-corrected chi connectivity index (χ0v) is 15.5. The Hall–Kier alpha value is -2.38. The first kappa shape index (κ1) is 19.0. The largest absolute Gasteiger partial charge is 0.491 e. The van der Waals surface area contributed by atoms with E-state index in [0.29, 0.717) is 11.3 Å². The Morgan fingerprint density at radius 3 is 2.20 bits per heavy atom. The molecule has 2 aromatic carbocycles. The van der Waals surface area contributed by atoms with Gasteiger partial charge in [0.15, 0.2) is 0 Å². The molecule has 0 aliphatic carbocycles. The molecule has 134 valence electrons. The number of aryl methyl sites for hydroxylation is 2. The molecule has 0 spiro atoms. The fraction of sp³-hybridized carbons (Fsp3) is 0.278. The number of nitrogens with one attached hydrogen (secondary N) is 2. The van der Waals surface area contributed by atoms with Gasteiger partial charge in [0.1, 0.15) is 5.75 Å². The highest BCUT2D eigenvalue weighted by Crippen LogP contribution is 2.15. The number of amides is 1. The van der Waals surface area contributed by atoms with Gasteiger partial charge in [-0.3, -0.25) is 10.2 Å². The minimum Gasteiger partial charge on any atom is -0.491 e. The molecule has 0 bridgehead atoms. The van der Waals surface area contributed by atoms with Crippen molar-refractivity contribution in [2.24, 2.45) is 0 Å². The van der Waals surface area contributed by atoms with Crippen LogP contribution >= 0.6 is 0 Å². The van der Waals surface area contributed by atoms with Crippen LogP contribution in [0.3, 0.4) is 0 Å². The monoisotopic (exact) mass is 362 g/mol. The van der Waals surface area contributed by atoms with Gasteiger partial charge in [0.05, 0.1) is 11.0 Å². The van der Waals surface area contributed by atoms with Crippen molar-refractivity contribution in [3.63, 3.8) is 0 Å². The lowest BCUT2D eigenvalue weighted by atomic mass is 10.1. The molecule has 0 unspecified atom stereocenters. The minimum absolute atomic E-state index is 0.0319. The van der Waals surface area contributed by atoms with Gasteiger partial charge in [0.25, 0.3) is 15.9 Å². The predicted molar refractivity (Wildman–Crippen MR) is 95.9 cm³/mol. The lowest BCUT2D eigenvalue weighted by molar-refractivity contribution is 0.0945. The van der Waals surface area contributed by atoms with Crippen LogP contribution in [0.15, 0.2) is 47.4 Å². The highest BCUT2D eigenvalue weighted by molar-refractivity contribution is 7.89. The van der Waals surface area contributed by atoms with Crippen LogP contribution in [0, 0.1) is 13.8 Å². The number of hydrogen-bond acceptors (Lipinski definition) is 4. The standard InChI is InChI=1S/C18H22N2O4S/c1-12(2)24-16-8-6-15(7-9-16)18(21)19-20-25(22,23)17-10-5-13(3)14(4)11-17/h5-12,20H,1-4H3,(H,19,21). The van der Waals surface area contributed by atoms with E-state index in [-0.39, 0.29) is 11.0 Å².